The molecule has 0 amide bonds. The number of benzene rings is 2. The van der Waals surface area contributed by atoms with Gasteiger partial charge in [0.05, 0.1) is 14.2 Å². The SMILES string of the molecule is COc1ccc(C(Cc2ccccn2)c2ccc3ccc(C)nc3c2O)cc1OC. The van der Waals surface area contributed by atoms with Crippen LogP contribution in [0.1, 0.15) is 28.4 Å². The zero-order valence-electron chi connectivity index (χ0n) is 17.3. The van der Waals surface area contributed by atoms with Gasteiger partial charge in [-0.3, -0.25) is 4.98 Å². The Hall–Kier alpha value is -3.60. The van der Waals surface area contributed by atoms with Crippen LogP contribution < -0.4 is 9.47 Å². The minimum absolute atomic E-state index is 0.133. The molecule has 0 saturated carbocycles. The maximum atomic E-state index is 11.2. The summed E-state index contributed by atoms with van der Waals surface area (Å²) in [5, 5.41) is 12.1. The van der Waals surface area contributed by atoms with Crippen LogP contribution in [-0.4, -0.2) is 29.3 Å². The van der Waals surface area contributed by atoms with Crippen LogP contribution in [0.4, 0.5) is 0 Å². The molecule has 5 heteroatoms. The molecule has 0 saturated heterocycles. The zero-order valence-corrected chi connectivity index (χ0v) is 17.3. The Morgan fingerprint density at radius 1 is 0.933 bits per heavy atom. The van der Waals surface area contributed by atoms with Crippen LogP contribution in [0.5, 0.6) is 17.2 Å². The van der Waals surface area contributed by atoms with Crippen molar-refractivity contribution in [3.63, 3.8) is 0 Å². The number of pyridine rings is 2. The van der Waals surface area contributed by atoms with E-state index >= 15 is 0 Å². The summed E-state index contributed by atoms with van der Waals surface area (Å²) < 4.78 is 10.9. The molecule has 1 N–H and O–H groups in total. The fraction of sp³-hybridized carbons (Fsp3) is 0.200. The number of rotatable bonds is 6. The normalized spacial score (nSPS) is 12.0. The van der Waals surface area contributed by atoms with Crippen molar-refractivity contribution in [1.82, 2.24) is 9.97 Å². The number of ether oxygens (including phenoxy) is 2. The van der Waals surface area contributed by atoms with Crippen molar-refractivity contribution < 1.29 is 14.6 Å². The van der Waals surface area contributed by atoms with E-state index in [1.54, 1.807) is 20.4 Å². The smallest absolute Gasteiger partial charge is 0.161 e. The molecule has 0 aliphatic rings. The van der Waals surface area contributed by atoms with Crippen molar-refractivity contribution in [2.24, 2.45) is 0 Å². The lowest BCUT2D eigenvalue weighted by atomic mass is 9.86. The van der Waals surface area contributed by atoms with E-state index in [0.29, 0.717) is 23.4 Å². The van der Waals surface area contributed by atoms with Crippen LogP contribution in [0.25, 0.3) is 10.9 Å². The van der Waals surface area contributed by atoms with Gasteiger partial charge in [0.1, 0.15) is 11.3 Å². The summed E-state index contributed by atoms with van der Waals surface area (Å²) in [7, 11) is 3.24. The van der Waals surface area contributed by atoms with Crippen molar-refractivity contribution >= 4 is 10.9 Å². The van der Waals surface area contributed by atoms with E-state index in [9.17, 15) is 5.11 Å². The van der Waals surface area contributed by atoms with E-state index in [2.05, 4.69) is 9.97 Å². The Morgan fingerprint density at radius 2 is 1.73 bits per heavy atom. The highest BCUT2D eigenvalue weighted by Crippen LogP contribution is 2.40. The largest absolute Gasteiger partial charge is 0.505 e. The van der Waals surface area contributed by atoms with Gasteiger partial charge in [0.15, 0.2) is 11.5 Å². The fourth-order valence-electron chi connectivity index (χ4n) is 3.77. The summed E-state index contributed by atoms with van der Waals surface area (Å²) in [6.45, 7) is 1.92. The summed E-state index contributed by atoms with van der Waals surface area (Å²) >= 11 is 0. The number of phenols is 1. The maximum Gasteiger partial charge on any atom is 0.161 e. The quantitative estimate of drug-likeness (QED) is 0.491. The summed E-state index contributed by atoms with van der Waals surface area (Å²) in [5.41, 5.74) is 4.22. The minimum Gasteiger partial charge on any atom is -0.505 e. The maximum absolute atomic E-state index is 11.2. The third kappa shape index (κ3) is 3.79. The van der Waals surface area contributed by atoms with Gasteiger partial charge in [-0.2, -0.15) is 0 Å². The van der Waals surface area contributed by atoms with Gasteiger partial charge in [-0.25, -0.2) is 4.98 Å². The second kappa shape index (κ2) is 8.41. The summed E-state index contributed by atoms with van der Waals surface area (Å²) in [6.07, 6.45) is 2.41. The Balaban J connectivity index is 1.88. The standard InChI is InChI=1S/C25H24N2O3/c1-16-7-8-17-9-11-20(25(28)24(17)27-16)21(15-19-6-4-5-13-26-19)18-10-12-22(29-2)23(14-18)30-3/h4-14,21,28H,15H2,1-3H3. The second-order valence-electron chi connectivity index (χ2n) is 7.22. The Kier molecular flexibility index (Phi) is 5.53. The van der Waals surface area contributed by atoms with Crippen LogP contribution in [0, 0.1) is 6.92 Å². The first-order valence-corrected chi connectivity index (χ1v) is 9.81. The number of hydrogen-bond donors (Lipinski definition) is 1. The summed E-state index contributed by atoms with van der Waals surface area (Å²) in [6, 6.07) is 19.6. The Bertz CT molecular complexity index is 1180. The Morgan fingerprint density at radius 3 is 2.47 bits per heavy atom. The number of fused-ring (bicyclic) bond motifs is 1. The van der Waals surface area contributed by atoms with E-state index < -0.39 is 0 Å². The van der Waals surface area contributed by atoms with Crippen molar-refractivity contribution in [1.29, 1.82) is 0 Å². The number of methoxy groups -OCH3 is 2. The molecule has 4 rings (SSSR count). The topological polar surface area (TPSA) is 64.5 Å². The predicted molar refractivity (Wildman–Crippen MR) is 117 cm³/mol. The van der Waals surface area contributed by atoms with Gasteiger partial charge in [0.2, 0.25) is 0 Å². The first-order chi connectivity index (χ1) is 14.6. The van der Waals surface area contributed by atoms with Gasteiger partial charge in [0, 0.05) is 40.9 Å². The number of nitrogens with zero attached hydrogens (tertiary/aromatic N) is 2. The second-order valence-corrected chi connectivity index (χ2v) is 7.22. The number of aromatic hydroxyl groups is 1. The molecule has 1 unspecified atom stereocenters. The molecule has 0 fully saturated rings. The molecule has 0 aliphatic heterocycles. The summed E-state index contributed by atoms with van der Waals surface area (Å²) in [5.74, 6) is 1.38. The van der Waals surface area contributed by atoms with Gasteiger partial charge in [0.25, 0.3) is 0 Å². The lowest BCUT2D eigenvalue weighted by Crippen LogP contribution is -2.08. The fourth-order valence-corrected chi connectivity index (χ4v) is 3.77. The van der Waals surface area contributed by atoms with Crippen molar-refractivity contribution in [2.75, 3.05) is 14.2 Å². The highest BCUT2D eigenvalue weighted by molar-refractivity contribution is 5.86. The van der Waals surface area contributed by atoms with Crippen LogP contribution in [0.3, 0.4) is 0 Å². The predicted octanol–water partition coefficient (Wildman–Crippen LogP) is 5.04. The van der Waals surface area contributed by atoms with E-state index in [4.69, 9.17) is 9.47 Å². The Labute approximate surface area is 176 Å². The number of aryl methyl sites for hydroxylation is 1. The average molecular weight is 400 g/mol. The van der Waals surface area contributed by atoms with E-state index in [1.165, 1.54) is 0 Å². The number of aromatic nitrogens is 2. The number of phenolic OH excluding ortho intramolecular Hbond substituents is 1. The van der Waals surface area contributed by atoms with Crippen molar-refractivity contribution in [3.05, 3.63) is 89.4 Å². The lowest BCUT2D eigenvalue weighted by Gasteiger charge is -2.21. The molecular weight excluding hydrogens is 376 g/mol. The molecule has 0 radical (unpaired) electrons. The minimum atomic E-state index is -0.133. The molecule has 0 bridgehead atoms. The van der Waals surface area contributed by atoms with Gasteiger partial charge in [-0.05, 0) is 42.8 Å². The van der Waals surface area contributed by atoms with E-state index in [0.717, 1.165) is 27.9 Å². The van der Waals surface area contributed by atoms with Crippen LogP contribution >= 0.6 is 0 Å². The molecule has 5 nitrogen and oxygen atoms in total. The van der Waals surface area contributed by atoms with Gasteiger partial charge < -0.3 is 14.6 Å². The highest BCUT2D eigenvalue weighted by atomic mass is 16.5. The van der Waals surface area contributed by atoms with Gasteiger partial charge >= 0.3 is 0 Å². The molecule has 2 heterocycles. The highest BCUT2D eigenvalue weighted by Gasteiger charge is 2.22. The first-order valence-electron chi connectivity index (χ1n) is 9.81. The monoisotopic (exact) mass is 400 g/mol. The average Bonchev–Trinajstić information content (AvgIpc) is 2.78. The summed E-state index contributed by atoms with van der Waals surface area (Å²) in [4.78, 5) is 9.07. The van der Waals surface area contributed by atoms with Gasteiger partial charge in [-0.15, -0.1) is 0 Å². The molecule has 0 aliphatic carbocycles. The molecule has 1 atom stereocenters. The van der Waals surface area contributed by atoms with Crippen LogP contribution in [0.2, 0.25) is 0 Å². The molecule has 2 aromatic heterocycles. The number of hydrogen-bond acceptors (Lipinski definition) is 5. The molecule has 152 valence electrons. The third-order valence-corrected chi connectivity index (χ3v) is 5.33. The first kappa shape index (κ1) is 19.7. The lowest BCUT2D eigenvalue weighted by molar-refractivity contribution is 0.354. The van der Waals surface area contributed by atoms with E-state index in [1.807, 2.05) is 67.6 Å². The van der Waals surface area contributed by atoms with Crippen LogP contribution in [-0.2, 0) is 6.42 Å². The molecule has 30 heavy (non-hydrogen) atoms. The third-order valence-electron chi connectivity index (χ3n) is 5.33. The van der Waals surface area contributed by atoms with E-state index in [-0.39, 0.29) is 11.7 Å². The van der Waals surface area contributed by atoms with Crippen LogP contribution in [0.15, 0.2) is 66.9 Å². The molecule has 4 aromatic rings. The zero-order chi connectivity index (χ0) is 21.1. The molecule has 0 spiro atoms. The van der Waals surface area contributed by atoms with Crippen molar-refractivity contribution in [2.45, 2.75) is 19.3 Å². The molecular formula is C25H24N2O3. The van der Waals surface area contributed by atoms with Gasteiger partial charge in [-0.1, -0.05) is 30.3 Å². The molecule has 2 aromatic carbocycles. The van der Waals surface area contributed by atoms with Crippen molar-refractivity contribution in [3.8, 4) is 17.2 Å².